The van der Waals surface area contributed by atoms with Gasteiger partial charge in [0.15, 0.2) is 0 Å². The number of amides is 1. The largest absolute Gasteiger partial charge is 0.382 e. The summed E-state index contributed by atoms with van der Waals surface area (Å²) in [4.78, 5) is 10.6. The van der Waals surface area contributed by atoms with E-state index < -0.39 is 12.0 Å². The van der Waals surface area contributed by atoms with E-state index in [9.17, 15) is 9.90 Å². The Morgan fingerprint density at radius 2 is 2.40 bits per heavy atom. The fraction of sp³-hybridized carbons (Fsp3) is 0.900. The van der Waals surface area contributed by atoms with Gasteiger partial charge in [-0.15, -0.1) is 0 Å². The Hall–Kier alpha value is -0.650. The molecule has 0 bridgehead atoms. The van der Waals surface area contributed by atoms with Crippen molar-refractivity contribution in [2.24, 2.45) is 5.73 Å². The van der Waals surface area contributed by atoms with E-state index in [2.05, 4.69) is 5.32 Å². The van der Waals surface area contributed by atoms with Crippen molar-refractivity contribution >= 4 is 5.91 Å². The highest BCUT2D eigenvalue weighted by atomic mass is 16.5. The summed E-state index contributed by atoms with van der Waals surface area (Å²) in [5.74, 6) is -0.679. The quantitative estimate of drug-likeness (QED) is 0.572. The molecule has 15 heavy (non-hydrogen) atoms. The van der Waals surface area contributed by atoms with Crippen LogP contribution in [0.25, 0.3) is 0 Å². The number of nitrogens with two attached hydrogens (primary N) is 1. The van der Waals surface area contributed by atoms with Crippen LogP contribution >= 0.6 is 0 Å². The summed E-state index contributed by atoms with van der Waals surface area (Å²) in [7, 11) is 1.71. The lowest BCUT2D eigenvalue weighted by atomic mass is 9.93. The monoisotopic (exact) mass is 216 g/mol. The van der Waals surface area contributed by atoms with Gasteiger partial charge in [0.1, 0.15) is 6.10 Å². The Labute approximate surface area is 90.0 Å². The molecule has 5 heteroatoms. The third kappa shape index (κ3) is 4.15. The predicted molar refractivity (Wildman–Crippen MR) is 56.3 cm³/mol. The van der Waals surface area contributed by atoms with Gasteiger partial charge >= 0.3 is 0 Å². The lowest BCUT2D eigenvalue weighted by molar-refractivity contribution is -0.125. The Bertz CT molecular complexity index is 211. The smallest absolute Gasteiger partial charge is 0.247 e. The molecule has 88 valence electrons. The summed E-state index contributed by atoms with van der Waals surface area (Å²) in [5.41, 5.74) is 4.95. The highest BCUT2D eigenvalue weighted by Crippen LogP contribution is 2.20. The molecule has 1 saturated carbocycles. The molecule has 1 aliphatic rings. The molecule has 5 nitrogen and oxygen atoms in total. The van der Waals surface area contributed by atoms with Crippen LogP contribution in [0.3, 0.4) is 0 Å². The van der Waals surface area contributed by atoms with Gasteiger partial charge in [0.05, 0.1) is 6.10 Å². The Morgan fingerprint density at radius 1 is 1.67 bits per heavy atom. The summed E-state index contributed by atoms with van der Waals surface area (Å²) in [6.07, 6.45) is 3.40. The van der Waals surface area contributed by atoms with E-state index in [0.29, 0.717) is 12.1 Å². The predicted octanol–water partition coefficient (Wildman–Crippen LogP) is -0.620. The minimum Gasteiger partial charge on any atom is -0.382 e. The molecule has 3 atom stereocenters. The first-order chi connectivity index (χ1) is 7.13. The lowest BCUT2D eigenvalue weighted by Gasteiger charge is -2.29. The average molecular weight is 216 g/mol. The van der Waals surface area contributed by atoms with E-state index in [4.69, 9.17) is 10.5 Å². The normalized spacial score (nSPS) is 28.7. The highest BCUT2D eigenvalue weighted by Gasteiger charge is 2.22. The third-order valence-electron chi connectivity index (χ3n) is 2.89. The van der Waals surface area contributed by atoms with Crippen LogP contribution in [0.4, 0.5) is 0 Å². The number of primary amides is 1. The van der Waals surface area contributed by atoms with Crippen LogP contribution in [0.1, 0.15) is 25.7 Å². The average Bonchev–Trinajstić information content (AvgIpc) is 2.26. The number of hydrogen-bond acceptors (Lipinski definition) is 4. The van der Waals surface area contributed by atoms with Crippen LogP contribution in [0.5, 0.6) is 0 Å². The lowest BCUT2D eigenvalue weighted by Crippen LogP contribution is -2.44. The zero-order valence-corrected chi connectivity index (χ0v) is 9.11. The summed E-state index contributed by atoms with van der Waals surface area (Å²) in [5, 5.41) is 12.3. The molecule has 3 unspecified atom stereocenters. The molecular weight excluding hydrogens is 196 g/mol. The van der Waals surface area contributed by atoms with Gasteiger partial charge in [-0.1, -0.05) is 0 Å². The maximum atomic E-state index is 10.6. The Morgan fingerprint density at radius 3 is 3.00 bits per heavy atom. The standard InChI is InChI=1S/C10H20N2O3/c1-15-8-4-2-3-7(5-8)12-6-9(13)10(11)14/h7-9,12-13H,2-6H2,1H3,(H2,11,14). The molecule has 0 radical (unpaired) electrons. The van der Waals surface area contributed by atoms with Crippen molar-refractivity contribution in [3.63, 3.8) is 0 Å². The van der Waals surface area contributed by atoms with Crippen molar-refractivity contribution in [2.45, 2.75) is 43.9 Å². The zero-order valence-electron chi connectivity index (χ0n) is 9.11. The summed E-state index contributed by atoms with van der Waals surface area (Å²) in [6, 6.07) is 0.317. The third-order valence-corrected chi connectivity index (χ3v) is 2.89. The first kappa shape index (κ1) is 12.4. The number of carbonyl (C=O) groups is 1. The van der Waals surface area contributed by atoms with Crippen molar-refractivity contribution in [1.29, 1.82) is 0 Å². The summed E-state index contributed by atoms with van der Waals surface area (Å²) in [6.45, 7) is 0.233. The first-order valence-corrected chi connectivity index (χ1v) is 5.37. The molecule has 0 aliphatic heterocycles. The van der Waals surface area contributed by atoms with Crippen LogP contribution in [0.15, 0.2) is 0 Å². The number of methoxy groups -OCH3 is 1. The van der Waals surface area contributed by atoms with Crippen LogP contribution in [-0.4, -0.2) is 42.9 Å². The van der Waals surface area contributed by atoms with Crippen molar-refractivity contribution in [1.82, 2.24) is 5.32 Å². The van der Waals surface area contributed by atoms with Crippen LogP contribution in [0.2, 0.25) is 0 Å². The number of rotatable bonds is 5. The van der Waals surface area contributed by atoms with Crippen molar-refractivity contribution in [2.75, 3.05) is 13.7 Å². The van der Waals surface area contributed by atoms with Crippen molar-refractivity contribution in [3.8, 4) is 0 Å². The second-order valence-electron chi connectivity index (χ2n) is 4.05. The number of nitrogens with one attached hydrogen (secondary N) is 1. The van der Waals surface area contributed by atoms with Crippen LogP contribution in [0, 0.1) is 0 Å². The second-order valence-corrected chi connectivity index (χ2v) is 4.05. The number of carbonyl (C=O) groups excluding carboxylic acids is 1. The molecule has 0 aromatic carbocycles. The number of aliphatic hydroxyl groups excluding tert-OH is 1. The first-order valence-electron chi connectivity index (χ1n) is 5.37. The van der Waals surface area contributed by atoms with E-state index in [-0.39, 0.29) is 6.54 Å². The maximum Gasteiger partial charge on any atom is 0.247 e. The van der Waals surface area contributed by atoms with E-state index in [0.717, 1.165) is 25.7 Å². The Balaban J connectivity index is 2.23. The van der Waals surface area contributed by atoms with E-state index in [1.54, 1.807) is 7.11 Å². The molecule has 1 fully saturated rings. The van der Waals surface area contributed by atoms with E-state index in [1.165, 1.54) is 0 Å². The molecule has 0 spiro atoms. The van der Waals surface area contributed by atoms with Gasteiger partial charge < -0.3 is 20.9 Å². The van der Waals surface area contributed by atoms with Crippen LogP contribution in [-0.2, 0) is 9.53 Å². The van der Waals surface area contributed by atoms with Gasteiger partial charge in [0, 0.05) is 19.7 Å². The van der Waals surface area contributed by atoms with Gasteiger partial charge in [0.2, 0.25) is 5.91 Å². The van der Waals surface area contributed by atoms with Crippen LogP contribution < -0.4 is 11.1 Å². The van der Waals surface area contributed by atoms with E-state index >= 15 is 0 Å². The topological polar surface area (TPSA) is 84.6 Å². The fourth-order valence-corrected chi connectivity index (χ4v) is 1.92. The van der Waals surface area contributed by atoms with Gasteiger partial charge in [-0.3, -0.25) is 4.79 Å². The molecule has 4 N–H and O–H groups in total. The van der Waals surface area contributed by atoms with Gasteiger partial charge in [-0.05, 0) is 25.7 Å². The molecule has 0 aromatic rings. The summed E-state index contributed by atoms with van der Waals surface area (Å²) < 4.78 is 5.28. The molecule has 1 amide bonds. The molecule has 1 rings (SSSR count). The molecule has 0 aromatic heterocycles. The minimum absolute atomic E-state index is 0.233. The van der Waals surface area contributed by atoms with Crippen molar-refractivity contribution in [3.05, 3.63) is 0 Å². The number of aliphatic hydroxyl groups is 1. The molecule has 0 heterocycles. The fourth-order valence-electron chi connectivity index (χ4n) is 1.92. The van der Waals surface area contributed by atoms with E-state index in [1.807, 2.05) is 0 Å². The molecular formula is C10H20N2O3. The SMILES string of the molecule is COC1CCCC(NCC(O)C(N)=O)C1. The number of hydrogen-bond donors (Lipinski definition) is 3. The molecule has 1 aliphatic carbocycles. The Kier molecular flexibility index (Phi) is 5.01. The second kappa shape index (κ2) is 6.05. The highest BCUT2D eigenvalue weighted by molar-refractivity contribution is 5.78. The van der Waals surface area contributed by atoms with Gasteiger partial charge in [-0.2, -0.15) is 0 Å². The maximum absolute atomic E-state index is 10.6. The van der Waals surface area contributed by atoms with Gasteiger partial charge in [0.25, 0.3) is 0 Å². The summed E-state index contributed by atoms with van der Waals surface area (Å²) >= 11 is 0. The minimum atomic E-state index is -1.09. The van der Waals surface area contributed by atoms with Gasteiger partial charge in [-0.25, -0.2) is 0 Å². The molecule has 0 saturated heterocycles. The van der Waals surface area contributed by atoms with Crippen molar-refractivity contribution < 1.29 is 14.6 Å². The zero-order chi connectivity index (χ0) is 11.3. The number of ether oxygens (including phenoxy) is 1.